The number of hydrogen-bond acceptors (Lipinski definition) is 5. The van der Waals surface area contributed by atoms with Gasteiger partial charge in [-0.15, -0.1) is 0 Å². The molecule has 1 saturated heterocycles. The molecule has 6 nitrogen and oxygen atoms in total. The van der Waals surface area contributed by atoms with Gasteiger partial charge < -0.3 is 14.5 Å². The molecular formula is C31H35N3O3. The minimum Gasteiger partial charge on any atom is -0.477 e. The number of benzene rings is 1. The molecule has 6 heteroatoms. The molecule has 0 amide bonds. The Bertz CT molecular complexity index is 1400. The van der Waals surface area contributed by atoms with Gasteiger partial charge >= 0.3 is 5.97 Å². The third-order valence-corrected chi connectivity index (χ3v) is 9.37. The van der Waals surface area contributed by atoms with E-state index in [0.29, 0.717) is 17.3 Å². The minimum absolute atomic E-state index is 0.106. The molecule has 0 atom stereocenters. The number of pyridine rings is 1. The van der Waals surface area contributed by atoms with E-state index < -0.39 is 5.97 Å². The van der Waals surface area contributed by atoms with Gasteiger partial charge in [-0.05, 0) is 92.7 Å². The number of fused-ring (bicyclic) bond motifs is 1. The molecule has 2 aromatic heterocycles. The van der Waals surface area contributed by atoms with Crippen LogP contribution in [0.4, 0.5) is 5.69 Å². The van der Waals surface area contributed by atoms with Crippen LogP contribution in [0.25, 0.3) is 16.5 Å². The lowest BCUT2D eigenvalue weighted by atomic mass is 9.63. The van der Waals surface area contributed by atoms with E-state index in [4.69, 9.17) is 4.52 Å². The molecule has 1 aromatic carbocycles. The number of hydrogen-bond donors (Lipinski definition) is 1. The normalized spacial score (nSPS) is 21.8. The van der Waals surface area contributed by atoms with Crippen LogP contribution in [0, 0.1) is 12.3 Å². The maximum atomic E-state index is 11.4. The second-order valence-corrected chi connectivity index (χ2v) is 11.9. The molecule has 37 heavy (non-hydrogen) atoms. The number of aromatic carboxylic acids is 1. The van der Waals surface area contributed by atoms with Crippen molar-refractivity contribution in [3.05, 3.63) is 58.6 Å². The van der Waals surface area contributed by atoms with E-state index in [-0.39, 0.29) is 5.69 Å². The third-order valence-electron chi connectivity index (χ3n) is 9.37. The van der Waals surface area contributed by atoms with E-state index in [1.54, 1.807) is 6.07 Å². The molecule has 3 fully saturated rings. The van der Waals surface area contributed by atoms with E-state index in [2.05, 4.69) is 33.2 Å². The van der Waals surface area contributed by atoms with Gasteiger partial charge in [-0.2, -0.15) is 0 Å². The zero-order valence-electron chi connectivity index (χ0n) is 21.6. The van der Waals surface area contributed by atoms with Gasteiger partial charge in [0.1, 0.15) is 11.5 Å². The number of carbonyl (C=O) groups is 1. The molecule has 2 saturated carbocycles. The fraction of sp³-hybridized carbons (Fsp3) is 0.516. The number of rotatable bonds is 5. The highest BCUT2D eigenvalue weighted by Gasteiger charge is 2.44. The number of allylic oxidation sites excluding steroid dienone is 2. The first-order valence-electron chi connectivity index (χ1n) is 14.1. The van der Waals surface area contributed by atoms with Crippen molar-refractivity contribution in [3.8, 4) is 0 Å². The van der Waals surface area contributed by atoms with Crippen molar-refractivity contribution < 1.29 is 14.4 Å². The quantitative estimate of drug-likeness (QED) is 0.401. The topological polar surface area (TPSA) is 79.5 Å². The maximum absolute atomic E-state index is 11.4. The van der Waals surface area contributed by atoms with Crippen molar-refractivity contribution in [2.45, 2.75) is 83.0 Å². The monoisotopic (exact) mass is 497 g/mol. The Kier molecular flexibility index (Phi) is 5.42. The Morgan fingerprint density at radius 3 is 2.51 bits per heavy atom. The fourth-order valence-corrected chi connectivity index (χ4v) is 7.02. The van der Waals surface area contributed by atoms with E-state index in [1.807, 2.05) is 13.0 Å². The number of anilines is 1. The van der Waals surface area contributed by atoms with Crippen molar-refractivity contribution in [1.82, 2.24) is 10.1 Å². The number of nitrogens with zero attached hydrogens (tertiary/aromatic N) is 3. The smallest absolute Gasteiger partial charge is 0.354 e. The number of piperidine rings is 1. The lowest BCUT2D eigenvalue weighted by Crippen LogP contribution is -2.42. The van der Waals surface area contributed by atoms with Crippen LogP contribution < -0.4 is 4.90 Å². The molecule has 192 valence electrons. The summed E-state index contributed by atoms with van der Waals surface area (Å²) < 4.78 is 6.01. The van der Waals surface area contributed by atoms with Crippen molar-refractivity contribution in [2.75, 3.05) is 18.0 Å². The first-order valence-corrected chi connectivity index (χ1v) is 14.1. The van der Waals surface area contributed by atoms with Crippen molar-refractivity contribution >= 4 is 28.1 Å². The molecule has 0 radical (unpaired) electrons. The summed E-state index contributed by atoms with van der Waals surface area (Å²) in [5.74, 6) is 1.38. The summed E-state index contributed by atoms with van der Waals surface area (Å²) >= 11 is 0. The van der Waals surface area contributed by atoms with Gasteiger partial charge in [0.25, 0.3) is 0 Å². The van der Waals surface area contributed by atoms with Crippen LogP contribution in [0.15, 0.2) is 34.9 Å². The van der Waals surface area contributed by atoms with Crippen LogP contribution >= 0.6 is 0 Å². The number of carboxylic acids is 1. The summed E-state index contributed by atoms with van der Waals surface area (Å²) in [6.07, 6.45) is 15.1. The standard InChI is InChI=1S/C31H35N3O3/c1-19-15-26(30(35)36)32-25-10-9-23(16-24(19)25)34-13-11-31(12-14-34)17-22(18-31)27-28(20-5-3-2-4-6-20)33-37-29(27)21-7-8-21/h9-10,15-17,20-21H,2-8,11-14,18H2,1H3,(H,35,36). The molecule has 3 aromatic rings. The summed E-state index contributed by atoms with van der Waals surface area (Å²) in [5.41, 5.74) is 7.49. The molecule has 1 spiro atoms. The minimum atomic E-state index is -0.982. The van der Waals surface area contributed by atoms with E-state index in [1.165, 1.54) is 73.2 Å². The van der Waals surface area contributed by atoms with E-state index in [0.717, 1.165) is 48.8 Å². The molecule has 0 unspecified atom stereocenters. The lowest BCUT2D eigenvalue weighted by molar-refractivity contribution is 0.0691. The molecule has 3 heterocycles. The number of aromatic nitrogens is 2. The third kappa shape index (κ3) is 4.05. The first kappa shape index (κ1) is 23.0. The second-order valence-electron chi connectivity index (χ2n) is 11.9. The molecule has 7 rings (SSSR count). The van der Waals surface area contributed by atoms with E-state index in [9.17, 15) is 9.90 Å². The van der Waals surface area contributed by atoms with E-state index >= 15 is 0 Å². The second kappa shape index (κ2) is 8.71. The largest absolute Gasteiger partial charge is 0.477 e. The summed E-state index contributed by atoms with van der Waals surface area (Å²) in [4.78, 5) is 18.2. The summed E-state index contributed by atoms with van der Waals surface area (Å²) in [6.45, 7) is 4.03. The first-order chi connectivity index (χ1) is 18.0. The molecule has 0 bridgehead atoms. The highest BCUT2D eigenvalue weighted by molar-refractivity contribution is 5.92. The molecule has 1 N–H and O–H groups in total. The van der Waals surface area contributed by atoms with Crippen LogP contribution in [-0.4, -0.2) is 34.3 Å². The Balaban J connectivity index is 1.09. The average molecular weight is 498 g/mol. The Morgan fingerprint density at radius 1 is 1.05 bits per heavy atom. The summed E-state index contributed by atoms with van der Waals surface area (Å²) in [5, 5.41) is 15.0. The Morgan fingerprint density at radius 2 is 1.81 bits per heavy atom. The number of carboxylic acid groups (broad SMARTS) is 1. The predicted molar refractivity (Wildman–Crippen MR) is 144 cm³/mol. The Hall–Kier alpha value is -3.15. The highest BCUT2D eigenvalue weighted by Crippen LogP contribution is 2.56. The van der Waals surface area contributed by atoms with Crippen molar-refractivity contribution in [2.24, 2.45) is 5.41 Å². The van der Waals surface area contributed by atoms with Crippen LogP contribution in [0.5, 0.6) is 0 Å². The van der Waals surface area contributed by atoms with Gasteiger partial charge in [-0.1, -0.05) is 30.5 Å². The summed E-state index contributed by atoms with van der Waals surface area (Å²) in [7, 11) is 0. The average Bonchev–Trinajstić information content (AvgIpc) is 3.66. The maximum Gasteiger partial charge on any atom is 0.354 e. The van der Waals surface area contributed by atoms with Gasteiger partial charge in [-0.25, -0.2) is 9.78 Å². The van der Waals surface area contributed by atoms with Gasteiger partial charge in [0.2, 0.25) is 0 Å². The molecular weight excluding hydrogens is 462 g/mol. The van der Waals surface area contributed by atoms with Gasteiger partial charge in [0.15, 0.2) is 0 Å². The van der Waals surface area contributed by atoms with Gasteiger partial charge in [0, 0.05) is 41.6 Å². The Labute approximate surface area is 217 Å². The van der Waals surface area contributed by atoms with Crippen molar-refractivity contribution in [1.29, 1.82) is 0 Å². The van der Waals surface area contributed by atoms with Gasteiger partial charge in [-0.3, -0.25) is 0 Å². The lowest BCUT2D eigenvalue weighted by Gasteiger charge is -2.47. The van der Waals surface area contributed by atoms with Gasteiger partial charge in [0.05, 0.1) is 11.2 Å². The molecule has 4 aliphatic rings. The SMILES string of the molecule is Cc1cc(C(=O)O)nc2ccc(N3CCC4(C=C(c5c(C6CCCCC6)noc5C5CC5)C4)CC3)cc12. The van der Waals surface area contributed by atoms with Crippen LogP contribution in [0.2, 0.25) is 0 Å². The highest BCUT2D eigenvalue weighted by atomic mass is 16.5. The summed E-state index contributed by atoms with van der Waals surface area (Å²) in [6, 6.07) is 7.91. The predicted octanol–water partition coefficient (Wildman–Crippen LogP) is 7.23. The molecule has 3 aliphatic carbocycles. The van der Waals surface area contributed by atoms with Crippen LogP contribution in [-0.2, 0) is 0 Å². The van der Waals surface area contributed by atoms with Crippen molar-refractivity contribution in [3.63, 3.8) is 0 Å². The zero-order valence-corrected chi connectivity index (χ0v) is 21.6. The number of aryl methyl sites for hydroxylation is 1. The fourth-order valence-electron chi connectivity index (χ4n) is 7.02. The van der Waals surface area contributed by atoms with Crippen LogP contribution in [0.3, 0.4) is 0 Å². The zero-order chi connectivity index (χ0) is 25.1. The van der Waals surface area contributed by atoms with Crippen LogP contribution in [0.1, 0.15) is 109 Å². The molecule has 1 aliphatic heterocycles.